The van der Waals surface area contributed by atoms with E-state index in [0.29, 0.717) is 29.4 Å². The van der Waals surface area contributed by atoms with Crippen molar-refractivity contribution in [1.82, 2.24) is 24.6 Å². The number of fused-ring (bicyclic) bond motifs is 1. The highest BCUT2D eigenvalue weighted by molar-refractivity contribution is 6.04. The Kier molecular flexibility index (Phi) is 7.72. The Morgan fingerprint density at radius 1 is 1.08 bits per heavy atom. The molecule has 0 unspecified atom stereocenters. The van der Waals surface area contributed by atoms with Gasteiger partial charge in [-0.25, -0.2) is 14.6 Å². The molecule has 4 aromatic rings. The summed E-state index contributed by atoms with van der Waals surface area (Å²) in [5.41, 5.74) is 1.74. The van der Waals surface area contributed by atoms with Gasteiger partial charge in [-0.1, -0.05) is 26.0 Å². The molecule has 2 heterocycles. The summed E-state index contributed by atoms with van der Waals surface area (Å²) in [4.78, 5) is 23.7. The van der Waals surface area contributed by atoms with Crippen molar-refractivity contribution in [1.29, 1.82) is 0 Å². The number of nitrogens with zero attached hydrogens (tertiary/aromatic N) is 5. The Bertz CT molecular complexity index is 1400. The van der Waals surface area contributed by atoms with E-state index in [1.165, 1.54) is 18.5 Å². The molecule has 2 aromatic carbocycles. The van der Waals surface area contributed by atoms with Crippen LogP contribution in [0.5, 0.6) is 0 Å². The number of likely N-dealkylation sites (N-methyl/N-ethyl adjacent to an activating group) is 1. The first-order valence-corrected chi connectivity index (χ1v) is 11.9. The van der Waals surface area contributed by atoms with Crippen molar-refractivity contribution in [2.45, 2.75) is 33.5 Å². The average molecular weight is 512 g/mol. The van der Waals surface area contributed by atoms with Gasteiger partial charge in [-0.05, 0) is 55.9 Å². The topological polar surface area (TPSA) is 88.0 Å². The van der Waals surface area contributed by atoms with E-state index in [1.807, 2.05) is 11.6 Å². The van der Waals surface area contributed by atoms with Gasteiger partial charge in [-0.2, -0.15) is 18.3 Å². The molecule has 0 aliphatic carbocycles. The molecule has 4 rings (SSSR count). The zero-order chi connectivity index (χ0) is 26.6. The molecule has 0 atom stereocenters. The van der Waals surface area contributed by atoms with Gasteiger partial charge < -0.3 is 15.5 Å². The lowest BCUT2D eigenvalue weighted by molar-refractivity contribution is -0.137. The van der Waals surface area contributed by atoms with E-state index in [4.69, 9.17) is 0 Å². The van der Waals surface area contributed by atoms with Crippen molar-refractivity contribution in [3.8, 4) is 0 Å². The normalized spacial score (nSPS) is 11.8. The van der Waals surface area contributed by atoms with E-state index in [0.717, 1.165) is 42.7 Å². The zero-order valence-electron chi connectivity index (χ0n) is 20.8. The van der Waals surface area contributed by atoms with Crippen molar-refractivity contribution in [3.05, 3.63) is 71.7 Å². The summed E-state index contributed by atoms with van der Waals surface area (Å²) < 4.78 is 40.9. The standard InChI is InChI=1S/C26H28F3N7O/c1-4-35(5-2)11-12-36-24-21(15-32-36)23(30-16-31-24)34-22-14-20(10-9-17(22)3)33-25(37)18-7-6-8-19(13-18)26(27,28)29/h6-10,13-16H,4-5,11-12H2,1-3H3,(H,33,37)(H,30,31,34). The largest absolute Gasteiger partial charge is 0.416 e. The van der Waals surface area contributed by atoms with E-state index < -0.39 is 17.6 Å². The van der Waals surface area contributed by atoms with E-state index in [-0.39, 0.29) is 5.56 Å². The van der Waals surface area contributed by atoms with E-state index in [1.54, 1.807) is 24.4 Å². The third-order valence-corrected chi connectivity index (χ3v) is 6.16. The van der Waals surface area contributed by atoms with Crippen LogP contribution >= 0.6 is 0 Å². The van der Waals surface area contributed by atoms with Crippen molar-refractivity contribution in [2.24, 2.45) is 0 Å². The van der Waals surface area contributed by atoms with Crippen molar-refractivity contribution in [3.63, 3.8) is 0 Å². The Morgan fingerprint density at radius 3 is 2.59 bits per heavy atom. The Morgan fingerprint density at radius 2 is 1.86 bits per heavy atom. The summed E-state index contributed by atoms with van der Waals surface area (Å²) >= 11 is 0. The molecule has 1 amide bonds. The minimum Gasteiger partial charge on any atom is -0.339 e. The molecule has 194 valence electrons. The van der Waals surface area contributed by atoms with Gasteiger partial charge in [-0.3, -0.25) is 4.79 Å². The van der Waals surface area contributed by atoms with Crippen LogP contribution in [-0.2, 0) is 12.7 Å². The van der Waals surface area contributed by atoms with Gasteiger partial charge in [0.1, 0.15) is 12.1 Å². The maximum absolute atomic E-state index is 13.0. The third-order valence-electron chi connectivity index (χ3n) is 6.16. The van der Waals surface area contributed by atoms with Crippen LogP contribution in [0.1, 0.15) is 35.3 Å². The summed E-state index contributed by atoms with van der Waals surface area (Å²) in [5.74, 6) is -0.0802. The molecule has 11 heteroatoms. The van der Waals surface area contributed by atoms with Crippen LogP contribution in [0, 0.1) is 6.92 Å². The quantitative estimate of drug-likeness (QED) is 0.309. The molecule has 0 radical (unpaired) electrons. The average Bonchev–Trinajstić information content (AvgIpc) is 3.30. The fourth-order valence-corrected chi connectivity index (χ4v) is 3.93. The molecule has 0 saturated carbocycles. The number of aromatic nitrogens is 4. The molecule has 0 bridgehead atoms. The van der Waals surface area contributed by atoms with Crippen molar-refractivity contribution < 1.29 is 18.0 Å². The molecule has 2 N–H and O–H groups in total. The van der Waals surface area contributed by atoms with Crippen molar-refractivity contribution in [2.75, 3.05) is 30.3 Å². The molecule has 37 heavy (non-hydrogen) atoms. The first kappa shape index (κ1) is 26.1. The number of nitrogens with one attached hydrogen (secondary N) is 2. The molecule has 0 spiro atoms. The lowest BCUT2D eigenvalue weighted by Gasteiger charge is -2.17. The number of benzene rings is 2. The Labute approximate surface area is 212 Å². The molecular formula is C26H28F3N7O. The molecule has 2 aromatic heterocycles. The number of rotatable bonds is 9. The highest BCUT2D eigenvalue weighted by Crippen LogP contribution is 2.30. The van der Waals surface area contributed by atoms with Gasteiger partial charge >= 0.3 is 6.18 Å². The lowest BCUT2D eigenvalue weighted by atomic mass is 10.1. The van der Waals surface area contributed by atoms with Gasteiger partial charge in [-0.15, -0.1) is 0 Å². The number of anilines is 3. The summed E-state index contributed by atoms with van der Waals surface area (Å²) in [6.45, 7) is 9.59. The van der Waals surface area contributed by atoms with Gasteiger partial charge in [0, 0.05) is 23.5 Å². The zero-order valence-corrected chi connectivity index (χ0v) is 20.8. The summed E-state index contributed by atoms with van der Waals surface area (Å²) in [5, 5.41) is 11.2. The van der Waals surface area contributed by atoms with Gasteiger partial charge in [0.25, 0.3) is 5.91 Å². The summed E-state index contributed by atoms with van der Waals surface area (Å²) in [7, 11) is 0. The molecule has 0 aliphatic heterocycles. The second-order valence-corrected chi connectivity index (χ2v) is 8.54. The second-order valence-electron chi connectivity index (χ2n) is 8.54. The number of alkyl halides is 3. The van der Waals surface area contributed by atoms with Gasteiger partial charge in [0.15, 0.2) is 5.65 Å². The Hall–Kier alpha value is -3.99. The van der Waals surface area contributed by atoms with Crippen LogP contribution in [0.15, 0.2) is 55.0 Å². The van der Waals surface area contributed by atoms with Crippen LogP contribution in [0.3, 0.4) is 0 Å². The van der Waals surface area contributed by atoms with E-state index in [2.05, 4.69) is 44.4 Å². The molecule has 0 aliphatic rings. The van der Waals surface area contributed by atoms with E-state index in [9.17, 15) is 18.0 Å². The summed E-state index contributed by atoms with van der Waals surface area (Å²) in [6.07, 6.45) is -1.34. The smallest absolute Gasteiger partial charge is 0.339 e. The third kappa shape index (κ3) is 6.05. The highest BCUT2D eigenvalue weighted by Gasteiger charge is 2.30. The van der Waals surface area contributed by atoms with Gasteiger partial charge in [0.05, 0.1) is 23.7 Å². The Balaban J connectivity index is 1.53. The molecule has 0 fully saturated rings. The van der Waals surface area contributed by atoms with Crippen LogP contribution in [-0.4, -0.2) is 50.2 Å². The van der Waals surface area contributed by atoms with E-state index >= 15 is 0 Å². The number of amides is 1. The first-order chi connectivity index (χ1) is 17.7. The fourth-order valence-electron chi connectivity index (χ4n) is 3.93. The minimum absolute atomic E-state index is 0.0838. The highest BCUT2D eigenvalue weighted by atomic mass is 19.4. The maximum atomic E-state index is 13.0. The van der Waals surface area contributed by atoms with Gasteiger partial charge in [0.2, 0.25) is 0 Å². The number of hydrogen-bond acceptors (Lipinski definition) is 6. The number of halogens is 3. The number of carbonyl (C=O) groups is 1. The predicted molar refractivity (Wildman–Crippen MR) is 137 cm³/mol. The van der Waals surface area contributed by atoms with Crippen LogP contribution in [0.2, 0.25) is 0 Å². The monoisotopic (exact) mass is 511 g/mol. The minimum atomic E-state index is -4.53. The lowest BCUT2D eigenvalue weighted by Crippen LogP contribution is -2.27. The SMILES string of the molecule is CCN(CC)CCn1ncc2c(Nc3cc(NC(=O)c4cccc(C(F)(F)F)c4)ccc3C)ncnc21. The van der Waals surface area contributed by atoms with Crippen LogP contribution in [0.4, 0.5) is 30.4 Å². The second kappa shape index (κ2) is 11.0. The van der Waals surface area contributed by atoms with Crippen LogP contribution in [0.25, 0.3) is 11.0 Å². The number of hydrogen-bond donors (Lipinski definition) is 2. The fraction of sp³-hybridized carbons (Fsp3) is 0.308. The maximum Gasteiger partial charge on any atom is 0.416 e. The molecular weight excluding hydrogens is 483 g/mol. The number of aryl methyl sites for hydroxylation is 1. The predicted octanol–water partition coefficient (Wildman–Crippen LogP) is 5.49. The molecule has 0 saturated heterocycles. The molecule has 8 nitrogen and oxygen atoms in total. The number of carbonyl (C=O) groups excluding carboxylic acids is 1. The van der Waals surface area contributed by atoms with Crippen molar-refractivity contribution >= 4 is 34.1 Å². The summed E-state index contributed by atoms with van der Waals surface area (Å²) in [6, 6.07) is 9.51. The van der Waals surface area contributed by atoms with Crippen LogP contribution < -0.4 is 10.6 Å². The first-order valence-electron chi connectivity index (χ1n) is 11.9.